The molecule has 4 nitrogen and oxygen atoms in total. The molecule has 1 aromatic carbocycles. The highest BCUT2D eigenvalue weighted by atomic mass is 16.6. The van der Waals surface area contributed by atoms with E-state index in [1.807, 2.05) is 46.8 Å². The number of carbonyl (C=O) groups excluding carboxylic acids is 1. The Bertz CT molecular complexity index is 662. The summed E-state index contributed by atoms with van der Waals surface area (Å²) in [5, 5.41) is 10.4. The van der Waals surface area contributed by atoms with Crippen LogP contribution in [-0.4, -0.2) is 21.4 Å². The Labute approximate surface area is 119 Å². The van der Waals surface area contributed by atoms with E-state index in [2.05, 4.69) is 0 Å². The Morgan fingerprint density at radius 3 is 2.50 bits per heavy atom. The van der Waals surface area contributed by atoms with Gasteiger partial charge in [0.05, 0.1) is 12.1 Å². The van der Waals surface area contributed by atoms with E-state index in [1.54, 1.807) is 6.20 Å². The molecule has 2 rings (SSSR count). The van der Waals surface area contributed by atoms with Crippen LogP contribution in [0.5, 0.6) is 0 Å². The van der Waals surface area contributed by atoms with E-state index in [4.69, 9.17) is 4.74 Å². The van der Waals surface area contributed by atoms with Gasteiger partial charge in [-0.05, 0) is 57.4 Å². The van der Waals surface area contributed by atoms with Crippen LogP contribution in [0.4, 0.5) is 4.79 Å². The van der Waals surface area contributed by atoms with Crippen LogP contribution in [0.15, 0.2) is 18.3 Å². The maximum atomic E-state index is 12.3. The molecule has 1 aromatic heterocycles. The van der Waals surface area contributed by atoms with Crippen molar-refractivity contribution in [2.75, 3.05) is 0 Å². The van der Waals surface area contributed by atoms with Gasteiger partial charge in [-0.2, -0.15) is 0 Å². The standard InChI is InChI=1S/C16H21NO3/c1-10-8-11(2)14-12(13(10)9-18)6-7-17(14)15(19)20-16(3,4)5/h6-8,18H,9H2,1-5H3. The maximum absolute atomic E-state index is 12.3. The van der Waals surface area contributed by atoms with Gasteiger partial charge in [-0.1, -0.05) is 6.07 Å². The fourth-order valence-corrected chi connectivity index (χ4v) is 2.44. The predicted octanol–water partition coefficient (Wildman–Crippen LogP) is 3.53. The van der Waals surface area contributed by atoms with E-state index in [0.29, 0.717) is 0 Å². The molecule has 1 heterocycles. The quantitative estimate of drug-likeness (QED) is 0.866. The summed E-state index contributed by atoms with van der Waals surface area (Å²) in [6.45, 7) is 9.40. The van der Waals surface area contributed by atoms with Gasteiger partial charge in [0.2, 0.25) is 0 Å². The van der Waals surface area contributed by atoms with E-state index >= 15 is 0 Å². The minimum atomic E-state index is -0.536. The zero-order valence-electron chi connectivity index (χ0n) is 12.7. The molecule has 0 fully saturated rings. The second kappa shape index (κ2) is 4.94. The van der Waals surface area contributed by atoms with Crippen LogP contribution in [0.2, 0.25) is 0 Å². The molecule has 108 valence electrons. The third-order valence-electron chi connectivity index (χ3n) is 3.24. The van der Waals surface area contributed by atoms with Crippen molar-refractivity contribution in [1.82, 2.24) is 4.57 Å². The second-order valence-corrected chi connectivity index (χ2v) is 6.08. The number of rotatable bonds is 1. The highest BCUT2D eigenvalue weighted by Gasteiger charge is 2.20. The molecule has 0 atom stereocenters. The second-order valence-electron chi connectivity index (χ2n) is 6.08. The first-order chi connectivity index (χ1) is 9.24. The summed E-state index contributed by atoms with van der Waals surface area (Å²) >= 11 is 0. The van der Waals surface area contributed by atoms with Gasteiger partial charge in [0, 0.05) is 11.6 Å². The minimum Gasteiger partial charge on any atom is -0.443 e. The molecule has 0 bridgehead atoms. The van der Waals surface area contributed by atoms with Crippen LogP contribution in [0.3, 0.4) is 0 Å². The van der Waals surface area contributed by atoms with Crippen molar-refractivity contribution < 1.29 is 14.6 Å². The molecule has 0 saturated carbocycles. The highest BCUT2D eigenvalue weighted by Crippen LogP contribution is 2.27. The Morgan fingerprint density at radius 2 is 1.95 bits per heavy atom. The fraction of sp³-hybridized carbons (Fsp3) is 0.438. The van der Waals surface area contributed by atoms with Crippen LogP contribution >= 0.6 is 0 Å². The van der Waals surface area contributed by atoms with Crippen molar-refractivity contribution >= 4 is 17.0 Å². The first-order valence-electron chi connectivity index (χ1n) is 6.69. The molecule has 4 heteroatoms. The predicted molar refractivity (Wildman–Crippen MR) is 79.0 cm³/mol. The van der Waals surface area contributed by atoms with Crippen LogP contribution in [-0.2, 0) is 11.3 Å². The number of aromatic nitrogens is 1. The highest BCUT2D eigenvalue weighted by molar-refractivity contribution is 5.94. The molecule has 0 aliphatic carbocycles. The van der Waals surface area contributed by atoms with Gasteiger partial charge in [-0.25, -0.2) is 4.79 Å². The van der Waals surface area contributed by atoms with Crippen molar-refractivity contribution in [1.29, 1.82) is 0 Å². The number of hydrogen-bond acceptors (Lipinski definition) is 3. The van der Waals surface area contributed by atoms with E-state index in [-0.39, 0.29) is 6.61 Å². The first-order valence-corrected chi connectivity index (χ1v) is 6.69. The maximum Gasteiger partial charge on any atom is 0.418 e. The number of nitrogens with zero attached hydrogens (tertiary/aromatic N) is 1. The Hall–Kier alpha value is -1.81. The van der Waals surface area contributed by atoms with Crippen molar-refractivity contribution in [2.45, 2.75) is 46.8 Å². The Morgan fingerprint density at radius 1 is 1.30 bits per heavy atom. The van der Waals surface area contributed by atoms with Crippen LogP contribution in [0, 0.1) is 13.8 Å². The lowest BCUT2D eigenvalue weighted by atomic mass is 10.0. The van der Waals surface area contributed by atoms with Crippen molar-refractivity contribution in [3.8, 4) is 0 Å². The van der Waals surface area contributed by atoms with Gasteiger partial charge >= 0.3 is 6.09 Å². The number of ether oxygens (including phenoxy) is 1. The van der Waals surface area contributed by atoms with Gasteiger partial charge in [-0.15, -0.1) is 0 Å². The number of hydrogen-bond donors (Lipinski definition) is 1. The van der Waals surface area contributed by atoms with E-state index in [1.165, 1.54) is 4.57 Å². The van der Waals surface area contributed by atoms with Crippen molar-refractivity contribution in [2.24, 2.45) is 0 Å². The van der Waals surface area contributed by atoms with Crippen molar-refractivity contribution in [3.63, 3.8) is 0 Å². The minimum absolute atomic E-state index is 0.0407. The molecule has 0 radical (unpaired) electrons. The molecule has 20 heavy (non-hydrogen) atoms. The van der Waals surface area contributed by atoms with Crippen molar-refractivity contribution in [3.05, 3.63) is 35.0 Å². The molecule has 0 unspecified atom stereocenters. The van der Waals surface area contributed by atoms with Gasteiger partial charge in [0.25, 0.3) is 0 Å². The molecular weight excluding hydrogens is 254 g/mol. The van der Waals surface area contributed by atoms with Gasteiger partial charge < -0.3 is 9.84 Å². The number of aliphatic hydroxyl groups is 1. The third-order valence-corrected chi connectivity index (χ3v) is 3.24. The summed E-state index contributed by atoms with van der Waals surface area (Å²) in [6.07, 6.45) is 1.30. The number of aliphatic hydroxyl groups excluding tert-OH is 1. The van der Waals surface area contributed by atoms with Gasteiger partial charge in [0.1, 0.15) is 5.60 Å². The largest absolute Gasteiger partial charge is 0.443 e. The summed E-state index contributed by atoms with van der Waals surface area (Å²) in [6, 6.07) is 3.83. The molecular formula is C16H21NO3. The van der Waals surface area contributed by atoms with Gasteiger partial charge in [0.15, 0.2) is 0 Å². The lowest BCUT2D eigenvalue weighted by molar-refractivity contribution is 0.0544. The number of benzene rings is 1. The first kappa shape index (κ1) is 14.6. The van der Waals surface area contributed by atoms with Crippen LogP contribution in [0.1, 0.15) is 37.5 Å². The normalized spacial score (nSPS) is 11.9. The Balaban J connectivity index is 2.60. The number of aryl methyl sites for hydroxylation is 2. The van der Waals surface area contributed by atoms with Gasteiger partial charge in [-0.3, -0.25) is 4.57 Å². The smallest absolute Gasteiger partial charge is 0.418 e. The van der Waals surface area contributed by atoms with E-state index < -0.39 is 11.7 Å². The molecule has 0 aliphatic heterocycles. The lowest BCUT2D eigenvalue weighted by Crippen LogP contribution is -2.26. The summed E-state index contributed by atoms with van der Waals surface area (Å²) in [4.78, 5) is 12.3. The zero-order valence-corrected chi connectivity index (χ0v) is 12.7. The third kappa shape index (κ3) is 2.56. The average Bonchev–Trinajstić information content (AvgIpc) is 2.72. The molecule has 1 N–H and O–H groups in total. The lowest BCUT2D eigenvalue weighted by Gasteiger charge is -2.20. The van der Waals surface area contributed by atoms with E-state index in [0.717, 1.165) is 27.6 Å². The fourth-order valence-electron chi connectivity index (χ4n) is 2.44. The zero-order chi connectivity index (χ0) is 15.1. The molecule has 0 spiro atoms. The monoisotopic (exact) mass is 275 g/mol. The molecule has 0 saturated heterocycles. The molecule has 0 amide bonds. The van der Waals surface area contributed by atoms with Crippen LogP contribution in [0.25, 0.3) is 10.9 Å². The molecule has 0 aliphatic rings. The Kier molecular flexibility index (Phi) is 3.61. The topological polar surface area (TPSA) is 51.5 Å². The van der Waals surface area contributed by atoms with E-state index in [9.17, 15) is 9.90 Å². The average molecular weight is 275 g/mol. The molecule has 2 aromatic rings. The van der Waals surface area contributed by atoms with Crippen LogP contribution < -0.4 is 0 Å². The summed E-state index contributed by atoms with van der Waals surface area (Å²) in [5.41, 5.74) is 3.14. The summed E-state index contributed by atoms with van der Waals surface area (Å²) < 4.78 is 6.92. The number of carbonyl (C=O) groups is 1. The summed E-state index contributed by atoms with van der Waals surface area (Å²) in [5.74, 6) is 0. The summed E-state index contributed by atoms with van der Waals surface area (Å²) in [7, 11) is 0. The number of fused-ring (bicyclic) bond motifs is 1. The SMILES string of the molecule is Cc1cc(C)c2c(ccn2C(=O)OC(C)(C)C)c1CO.